The summed E-state index contributed by atoms with van der Waals surface area (Å²) in [6, 6.07) is 11.5. The first-order chi connectivity index (χ1) is 18.3. The summed E-state index contributed by atoms with van der Waals surface area (Å²) >= 11 is 4.24. The van der Waals surface area contributed by atoms with Crippen LogP contribution in [0.5, 0.6) is 11.5 Å². The van der Waals surface area contributed by atoms with Crippen molar-refractivity contribution in [2.75, 3.05) is 0 Å². The summed E-state index contributed by atoms with van der Waals surface area (Å²) in [5.41, 5.74) is 2.28. The SMILES string of the molecule is CCCCC(I)OC(=O)Oc1c2ccccc2c(OC(=O)OC(I)CCCC)c2cc(CC)c(CC)cc12. The predicted octanol–water partition coefficient (Wildman–Crippen LogP) is 10.1. The molecule has 0 heterocycles. The third-order valence-electron chi connectivity index (χ3n) is 6.40. The molecule has 0 aliphatic rings. The number of halogens is 2. The molecule has 0 radical (unpaired) electrons. The number of hydrogen-bond acceptors (Lipinski definition) is 6. The number of alkyl halides is 2. The minimum absolute atomic E-state index is 0.276. The fraction of sp³-hybridized carbons (Fsp3) is 0.467. The van der Waals surface area contributed by atoms with Gasteiger partial charge in [0.1, 0.15) is 11.5 Å². The van der Waals surface area contributed by atoms with E-state index >= 15 is 0 Å². The van der Waals surface area contributed by atoms with Gasteiger partial charge >= 0.3 is 12.3 Å². The highest BCUT2D eigenvalue weighted by molar-refractivity contribution is 14.1. The van der Waals surface area contributed by atoms with Crippen molar-refractivity contribution in [3.8, 4) is 11.5 Å². The van der Waals surface area contributed by atoms with Gasteiger partial charge in [-0.05, 0) is 107 Å². The summed E-state index contributed by atoms with van der Waals surface area (Å²) in [6.45, 7) is 8.38. The molecule has 38 heavy (non-hydrogen) atoms. The van der Waals surface area contributed by atoms with Gasteiger partial charge in [0.2, 0.25) is 0 Å². The number of hydrogen-bond donors (Lipinski definition) is 0. The largest absolute Gasteiger partial charge is 0.514 e. The van der Waals surface area contributed by atoms with Crippen molar-refractivity contribution in [3.05, 3.63) is 47.5 Å². The smallest absolute Gasteiger partial charge is 0.420 e. The molecular weight excluding hydrogens is 710 g/mol. The standard InChI is InChI=1S/C30H36I2O6/c1-5-9-15-25(31)35-29(33)37-27-21-13-11-12-14-22(21)28(38-30(34)36-26(32)16-10-6-2)24-18-20(8-4)19(7-3)17-23(24)27/h11-14,17-18,25-26H,5-10,15-16H2,1-4H3. The summed E-state index contributed by atoms with van der Waals surface area (Å²) in [6.07, 6.45) is 5.63. The van der Waals surface area contributed by atoms with Crippen LogP contribution < -0.4 is 9.47 Å². The summed E-state index contributed by atoms with van der Waals surface area (Å²) in [5.74, 6) is 0.792. The van der Waals surface area contributed by atoms with E-state index in [4.69, 9.17) is 18.9 Å². The lowest BCUT2D eigenvalue weighted by Gasteiger charge is -2.19. The zero-order valence-corrected chi connectivity index (χ0v) is 26.8. The first-order valence-electron chi connectivity index (χ1n) is 13.4. The number of unbranched alkanes of at least 4 members (excludes halogenated alkanes) is 2. The molecule has 0 saturated carbocycles. The maximum atomic E-state index is 12.9. The zero-order chi connectivity index (χ0) is 27.7. The van der Waals surface area contributed by atoms with Crippen LogP contribution in [0.4, 0.5) is 9.59 Å². The third-order valence-corrected chi connectivity index (χ3v) is 8.15. The maximum absolute atomic E-state index is 12.9. The van der Waals surface area contributed by atoms with E-state index in [-0.39, 0.29) is 8.22 Å². The molecule has 8 heteroatoms. The van der Waals surface area contributed by atoms with Crippen molar-refractivity contribution in [3.63, 3.8) is 0 Å². The van der Waals surface area contributed by atoms with Gasteiger partial charge in [-0.25, -0.2) is 9.59 Å². The van der Waals surface area contributed by atoms with Gasteiger partial charge in [-0.15, -0.1) is 0 Å². The van der Waals surface area contributed by atoms with Gasteiger partial charge in [0.15, 0.2) is 8.22 Å². The summed E-state index contributed by atoms with van der Waals surface area (Å²) in [7, 11) is 0. The number of aryl methyl sites for hydroxylation is 2. The van der Waals surface area contributed by atoms with E-state index in [9.17, 15) is 9.59 Å². The molecule has 0 aliphatic heterocycles. The Kier molecular flexibility index (Phi) is 12.2. The first kappa shape index (κ1) is 30.7. The Bertz CT molecular complexity index is 1160. The number of carbonyl (C=O) groups is 2. The van der Waals surface area contributed by atoms with E-state index in [1.165, 1.54) is 0 Å². The lowest BCUT2D eigenvalue weighted by molar-refractivity contribution is 0.0906. The van der Waals surface area contributed by atoms with Crippen LogP contribution in [0.1, 0.15) is 77.3 Å². The van der Waals surface area contributed by atoms with Crippen molar-refractivity contribution in [2.24, 2.45) is 0 Å². The minimum Gasteiger partial charge on any atom is -0.420 e. The fourth-order valence-electron chi connectivity index (χ4n) is 4.38. The molecule has 0 N–H and O–H groups in total. The monoisotopic (exact) mass is 746 g/mol. The van der Waals surface area contributed by atoms with E-state index in [1.54, 1.807) is 0 Å². The van der Waals surface area contributed by atoms with Gasteiger partial charge in [0.25, 0.3) is 0 Å². The molecule has 206 valence electrons. The maximum Gasteiger partial charge on any atom is 0.514 e. The van der Waals surface area contributed by atoms with Crippen molar-refractivity contribution in [1.82, 2.24) is 0 Å². The third kappa shape index (κ3) is 7.86. The summed E-state index contributed by atoms with van der Waals surface area (Å²) in [4.78, 5) is 25.7. The summed E-state index contributed by atoms with van der Waals surface area (Å²) < 4.78 is 22.3. The van der Waals surface area contributed by atoms with Crippen LogP contribution in [-0.2, 0) is 22.3 Å². The van der Waals surface area contributed by atoms with Gasteiger partial charge in [-0.2, -0.15) is 0 Å². The van der Waals surface area contributed by atoms with Crippen LogP contribution >= 0.6 is 45.2 Å². The van der Waals surface area contributed by atoms with E-state index in [0.717, 1.165) is 62.5 Å². The lowest BCUT2D eigenvalue weighted by atomic mass is 9.94. The van der Waals surface area contributed by atoms with Crippen LogP contribution in [0.2, 0.25) is 0 Å². The lowest BCUT2D eigenvalue weighted by Crippen LogP contribution is -2.18. The second-order valence-corrected chi connectivity index (χ2v) is 11.9. The van der Waals surface area contributed by atoms with Crippen LogP contribution in [0.25, 0.3) is 21.5 Å². The van der Waals surface area contributed by atoms with Gasteiger partial charge in [-0.1, -0.05) is 64.8 Å². The molecule has 2 atom stereocenters. The highest BCUT2D eigenvalue weighted by Crippen LogP contribution is 2.44. The molecular formula is C30H36I2O6. The van der Waals surface area contributed by atoms with Gasteiger partial charge < -0.3 is 18.9 Å². The normalized spacial score (nSPS) is 12.8. The Hall–Kier alpha value is -1.82. The van der Waals surface area contributed by atoms with Crippen molar-refractivity contribution in [2.45, 2.75) is 87.3 Å². The second kappa shape index (κ2) is 15.1. The molecule has 3 aromatic rings. The molecule has 3 aromatic carbocycles. The predicted molar refractivity (Wildman–Crippen MR) is 169 cm³/mol. The van der Waals surface area contributed by atoms with Crippen LogP contribution in [0.15, 0.2) is 36.4 Å². The molecule has 0 spiro atoms. The van der Waals surface area contributed by atoms with Crippen LogP contribution in [-0.4, -0.2) is 20.5 Å². The number of rotatable bonds is 12. The van der Waals surface area contributed by atoms with Gasteiger partial charge in [0, 0.05) is 21.5 Å². The zero-order valence-electron chi connectivity index (χ0n) is 22.5. The van der Waals surface area contributed by atoms with Crippen molar-refractivity contribution >= 4 is 79.0 Å². The summed E-state index contributed by atoms with van der Waals surface area (Å²) in [5, 5.41) is 2.68. The van der Waals surface area contributed by atoms with Crippen LogP contribution in [0, 0.1) is 0 Å². The molecule has 0 bridgehead atoms. The molecule has 0 aliphatic carbocycles. The molecule has 0 amide bonds. The Morgan fingerprint density at radius 3 is 1.42 bits per heavy atom. The Labute approximate surface area is 252 Å². The number of fused-ring (bicyclic) bond motifs is 2. The number of benzene rings is 3. The second-order valence-electron chi connectivity index (χ2n) is 9.12. The molecule has 3 rings (SSSR count). The molecule has 0 saturated heterocycles. The molecule has 0 aromatic heterocycles. The molecule has 6 nitrogen and oxygen atoms in total. The van der Waals surface area contributed by atoms with Gasteiger partial charge in [-0.3, -0.25) is 0 Å². The van der Waals surface area contributed by atoms with Crippen LogP contribution in [0.3, 0.4) is 0 Å². The average molecular weight is 746 g/mol. The number of carbonyl (C=O) groups excluding carboxylic acids is 2. The van der Waals surface area contributed by atoms with E-state index < -0.39 is 12.3 Å². The molecule has 0 fully saturated rings. The fourth-order valence-corrected chi connectivity index (χ4v) is 5.68. The Balaban J connectivity index is 2.12. The topological polar surface area (TPSA) is 71.1 Å². The average Bonchev–Trinajstić information content (AvgIpc) is 2.91. The Morgan fingerprint density at radius 1 is 0.684 bits per heavy atom. The Morgan fingerprint density at radius 2 is 1.08 bits per heavy atom. The molecule has 2 unspecified atom stereocenters. The van der Waals surface area contributed by atoms with E-state index in [0.29, 0.717) is 33.0 Å². The van der Waals surface area contributed by atoms with Crippen molar-refractivity contribution < 1.29 is 28.5 Å². The quantitative estimate of drug-likeness (QED) is 0.0605. The van der Waals surface area contributed by atoms with Crippen molar-refractivity contribution in [1.29, 1.82) is 0 Å². The highest BCUT2D eigenvalue weighted by Gasteiger charge is 2.24. The first-order valence-corrected chi connectivity index (χ1v) is 15.9. The van der Waals surface area contributed by atoms with E-state index in [1.807, 2.05) is 36.4 Å². The highest BCUT2D eigenvalue weighted by atomic mass is 127. The number of ether oxygens (including phenoxy) is 4. The van der Waals surface area contributed by atoms with Gasteiger partial charge in [0.05, 0.1) is 0 Å². The van der Waals surface area contributed by atoms with E-state index in [2.05, 4.69) is 72.9 Å². The minimum atomic E-state index is -0.749.